The Bertz CT molecular complexity index is 863. The number of amides is 3. The number of carbonyl (C=O) groups excluding carboxylic acids is 2. The molecule has 1 aliphatic heterocycles. The van der Waals surface area contributed by atoms with Crippen LogP contribution in [0.5, 0.6) is 0 Å². The lowest BCUT2D eigenvalue weighted by Crippen LogP contribution is -2.31. The molecule has 8 heteroatoms. The molecule has 0 fully saturated rings. The molecule has 2 aromatic carbocycles. The maximum atomic E-state index is 12.3. The number of anilines is 2. The molecule has 0 bridgehead atoms. The summed E-state index contributed by atoms with van der Waals surface area (Å²) in [6.45, 7) is 0. The van der Waals surface area contributed by atoms with Crippen molar-refractivity contribution in [1.82, 2.24) is 5.32 Å². The number of hydrogen-bond acceptors (Lipinski definition) is 3. The highest BCUT2D eigenvalue weighted by molar-refractivity contribution is 9.11. The topological polar surface area (TPSA) is 90.5 Å². The molecule has 1 heterocycles. The molecule has 0 saturated carbocycles. The zero-order valence-electron chi connectivity index (χ0n) is 12.7. The number of aliphatic hydroxyl groups is 1. The Morgan fingerprint density at radius 1 is 1.12 bits per heavy atom. The number of rotatable bonds is 2. The third kappa shape index (κ3) is 4.21. The standard InChI is InChI=1S/C17H13Br2N3O3/c18-9-5-10(19)7-11(6-9)20-17(25)22-14-8-15(23)16(24)21-13-4-2-1-3-12(13)14/h1-8,14,23H,(H,21,24)(H2,20,22,25). The third-order valence-electron chi connectivity index (χ3n) is 3.51. The van der Waals surface area contributed by atoms with E-state index in [2.05, 4.69) is 47.8 Å². The highest BCUT2D eigenvalue weighted by Gasteiger charge is 2.23. The largest absolute Gasteiger partial charge is 0.503 e. The summed E-state index contributed by atoms with van der Waals surface area (Å²) in [5.41, 5.74) is 1.79. The van der Waals surface area contributed by atoms with Crippen molar-refractivity contribution in [2.45, 2.75) is 6.04 Å². The summed E-state index contributed by atoms with van der Waals surface area (Å²) in [6.07, 6.45) is 1.30. The van der Waals surface area contributed by atoms with Crippen molar-refractivity contribution in [3.63, 3.8) is 0 Å². The Morgan fingerprint density at radius 2 is 1.80 bits per heavy atom. The van der Waals surface area contributed by atoms with Gasteiger partial charge < -0.3 is 21.1 Å². The number of nitrogens with one attached hydrogen (secondary N) is 3. The van der Waals surface area contributed by atoms with Crippen LogP contribution in [0.3, 0.4) is 0 Å². The van der Waals surface area contributed by atoms with Crippen molar-refractivity contribution >= 4 is 55.2 Å². The highest BCUT2D eigenvalue weighted by Crippen LogP contribution is 2.28. The van der Waals surface area contributed by atoms with E-state index in [1.165, 1.54) is 6.08 Å². The van der Waals surface area contributed by atoms with Crippen molar-refractivity contribution in [1.29, 1.82) is 0 Å². The Hall–Kier alpha value is -2.32. The molecule has 1 unspecified atom stereocenters. The Labute approximate surface area is 160 Å². The molecule has 6 nitrogen and oxygen atoms in total. The van der Waals surface area contributed by atoms with Gasteiger partial charge in [0.15, 0.2) is 5.76 Å². The number of aliphatic hydroxyl groups excluding tert-OH is 1. The molecule has 4 N–H and O–H groups in total. The minimum absolute atomic E-state index is 0.452. The van der Waals surface area contributed by atoms with E-state index in [-0.39, 0.29) is 0 Å². The monoisotopic (exact) mass is 465 g/mol. The van der Waals surface area contributed by atoms with E-state index in [0.717, 1.165) is 8.95 Å². The summed E-state index contributed by atoms with van der Waals surface area (Å²) in [5.74, 6) is -1.07. The minimum atomic E-state index is -0.661. The van der Waals surface area contributed by atoms with Gasteiger partial charge in [-0.3, -0.25) is 4.79 Å². The minimum Gasteiger partial charge on any atom is -0.503 e. The second-order valence-electron chi connectivity index (χ2n) is 5.33. The van der Waals surface area contributed by atoms with Crippen LogP contribution in [-0.4, -0.2) is 17.0 Å². The molecule has 0 aromatic heterocycles. The summed E-state index contributed by atoms with van der Waals surface area (Å²) in [7, 11) is 0. The molecule has 1 aliphatic rings. The van der Waals surface area contributed by atoms with Crippen molar-refractivity contribution in [2.24, 2.45) is 0 Å². The summed E-state index contributed by atoms with van der Waals surface area (Å²) in [4.78, 5) is 24.2. The van der Waals surface area contributed by atoms with E-state index >= 15 is 0 Å². The van der Waals surface area contributed by atoms with Crippen LogP contribution in [0.1, 0.15) is 11.6 Å². The van der Waals surface area contributed by atoms with Gasteiger partial charge in [0.05, 0.1) is 6.04 Å². The second-order valence-corrected chi connectivity index (χ2v) is 7.16. The van der Waals surface area contributed by atoms with E-state index in [9.17, 15) is 14.7 Å². The normalized spacial score (nSPS) is 16.2. The van der Waals surface area contributed by atoms with Crippen LogP contribution in [0.2, 0.25) is 0 Å². The van der Waals surface area contributed by atoms with Crippen LogP contribution in [-0.2, 0) is 4.79 Å². The van der Waals surface area contributed by atoms with Gasteiger partial charge in [0.25, 0.3) is 5.91 Å². The maximum absolute atomic E-state index is 12.3. The molecule has 128 valence electrons. The molecule has 0 aliphatic carbocycles. The number of halogens is 2. The molecule has 25 heavy (non-hydrogen) atoms. The highest BCUT2D eigenvalue weighted by atomic mass is 79.9. The lowest BCUT2D eigenvalue weighted by atomic mass is 10.1. The first-order valence-electron chi connectivity index (χ1n) is 7.27. The van der Waals surface area contributed by atoms with Gasteiger partial charge in [0.2, 0.25) is 0 Å². The van der Waals surface area contributed by atoms with E-state index in [0.29, 0.717) is 16.9 Å². The zero-order chi connectivity index (χ0) is 18.0. The molecule has 0 radical (unpaired) electrons. The molecular formula is C17H13Br2N3O3. The number of benzene rings is 2. The number of carbonyl (C=O) groups is 2. The molecule has 3 rings (SSSR count). The summed E-state index contributed by atoms with van der Waals surface area (Å²) < 4.78 is 1.62. The lowest BCUT2D eigenvalue weighted by molar-refractivity contribution is -0.115. The fourth-order valence-corrected chi connectivity index (χ4v) is 3.74. The number of fused-ring (bicyclic) bond motifs is 1. The van der Waals surface area contributed by atoms with Crippen molar-refractivity contribution in [3.8, 4) is 0 Å². The summed E-state index contributed by atoms with van der Waals surface area (Å²) in [6, 6.07) is 11.3. The molecule has 0 saturated heterocycles. The molecule has 3 amide bonds. The molecular weight excluding hydrogens is 454 g/mol. The zero-order valence-corrected chi connectivity index (χ0v) is 15.9. The van der Waals surface area contributed by atoms with Gasteiger partial charge >= 0.3 is 6.03 Å². The molecule has 1 atom stereocenters. The number of para-hydroxylation sites is 1. The third-order valence-corrected chi connectivity index (χ3v) is 4.42. The number of hydrogen-bond donors (Lipinski definition) is 4. The van der Waals surface area contributed by atoms with Gasteiger partial charge in [0.1, 0.15) is 0 Å². The van der Waals surface area contributed by atoms with Crippen molar-refractivity contribution in [2.75, 3.05) is 10.6 Å². The fourth-order valence-electron chi connectivity index (χ4n) is 2.45. The summed E-state index contributed by atoms with van der Waals surface area (Å²) in [5, 5.41) is 17.9. The van der Waals surface area contributed by atoms with Gasteiger partial charge in [-0.05, 0) is 30.3 Å². The Balaban J connectivity index is 1.83. The average Bonchev–Trinajstić information content (AvgIpc) is 2.64. The quantitative estimate of drug-likeness (QED) is 0.526. The van der Waals surface area contributed by atoms with Crippen LogP contribution in [0.15, 0.2) is 63.2 Å². The first-order chi connectivity index (χ1) is 11.9. The first-order valence-corrected chi connectivity index (χ1v) is 8.85. The van der Waals surface area contributed by atoms with Gasteiger partial charge in [-0.2, -0.15) is 0 Å². The van der Waals surface area contributed by atoms with E-state index < -0.39 is 23.7 Å². The van der Waals surface area contributed by atoms with Crippen molar-refractivity contribution in [3.05, 3.63) is 68.8 Å². The lowest BCUT2D eigenvalue weighted by Gasteiger charge is -2.17. The van der Waals surface area contributed by atoms with Gasteiger partial charge in [-0.15, -0.1) is 0 Å². The predicted octanol–water partition coefficient (Wildman–Crippen LogP) is 4.47. The van der Waals surface area contributed by atoms with Crippen LogP contribution >= 0.6 is 31.9 Å². The van der Waals surface area contributed by atoms with Crippen LogP contribution in [0, 0.1) is 0 Å². The maximum Gasteiger partial charge on any atom is 0.319 e. The fraction of sp³-hybridized carbons (Fsp3) is 0.0588. The van der Waals surface area contributed by atoms with Gasteiger partial charge in [0, 0.05) is 25.9 Å². The second kappa shape index (κ2) is 7.28. The smallest absolute Gasteiger partial charge is 0.319 e. The Morgan fingerprint density at radius 3 is 2.52 bits per heavy atom. The number of urea groups is 1. The van der Waals surface area contributed by atoms with Crippen LogP contribution in [0.25, 0.3) is 0 Å². The van der Waals surface area contributed by atoms with Gasteiger partial charge in [-0.1, -0.05) is 50.1 Å². The average molecular weight is 467 g/mol. The van der Waals surface area contributed by atoms with Crippen LogP contribution in [0.4, 0.5) is 16.2 Å². The van der Waals surface area contributed by atoms with E-state index in [4.69, 9.17) is 0 Å². The summed E-state index contributed by atoms with van der Waals surface area (Å²) >= 11 is 6.72. The van der Waals surface area contributed by atoms with Crippen LogP contribution < -0.4 is 16.0 Å². The van der Waals surface area contributed by atoms with Gasteiger partial charge in [-0.25, -0.2) is 4.79 Å². The Kier molecular flexibility index (Phi) is 5.10. The molecule has 2 aromatic rings. The van der Waals surface area contributed by atoms with E-state index in [1.54, 1.807) is 36.4 Å². The first kappa shape index (κ1) is 17.5. The van der Waals surface area contributed by atoms with Crippen molar-refractivity contribution < 1.29 is 14.7 Å². The van der Waals surface area contributed by atoms with E-state index in [1.807, 2.05) is 6.07 Å². The predicted molar refractivity (Wildman–Crippen MR) is 103 cm³/mol. The molecule has 0 spiro atoms. The SMILES string of the molecule is O=C(Nc1cc(Br)cc(Br)c1)NC1C=C(O)C(=O)Nc2ccccc21.